The molecule has 0 aliphatic carbocycles. The molecule has 2 aromatic heterocycles. The van der Waals surface area contributed by atoms with Gasteiger partial charge in [-0.25, -0.2) is 4.98 Å². The van der Waals surface area contributed by atoms with E-state index < -0.39 is 5.97 Å². The second kappa shape index (κ2) is 3.73. The molecule has 0 unspecified atom stereocenters. The van der Waals surface area contributed by atoms with Gasteiger partial charge in [-0.3, -0.25) is 4.79 Å². The van der Waals surface area contributed by atoms with E-state index in [1.54, 1.807) is 6.20 Å². The van der Waals surface area contributed by atoms with Crippen molar-refractivity contribution in [3.63, 3.8) is 0 Å². The number of fused-ring (bicyclic) bond motifs is 1. The Morgan fingerprint density at radius 3 is 3.00 bits per heavy atom. The van der Waals surface area contributed by atoms with Crippen molar-refractivity contribution < 1.29 is 9.90 Å². The van der Waals surface area contributed by atoms with Crippen LogP contribution >= 0.6 is 0 Å². The van der Waals surface area contributed by atoms with E-state index in [9.17, 15) is 4.79 Å². The molecule has 2 aromatic rings. The number of aliphatic carboxylic acids is 1. The maximum absolute atomic E-state index is 10.7. The molecule has 0 saturated carbocycles. The highest BCUT2D eigenvalue weighted by atomic mass is 16.4. The van der Waals surface area contributed by atoms with E-state index in [4.69, 9.17) is 5.11 Å². The first kappa shape index (κ1) is 9.71. The van der Waals surface area contributed by atoms with Crippen molar-refractivity contribution in [2.75, 3.05) is 0 Å². The average Bonchev–Trinajstić information content (AvgIpc) is 2.61. The molecule has 0 spiro atoms. The third-order valence-electron chi connectivity index (χ3n) is 2.35. The Bertz CT molecular complexity index is 502. The summed E-state index contributed by atoms with van der Waals surface area (Å²) in [5, 5.41) is 8.79. The summed E-state index contributed by atoms with van der Waals surface area (Å²) >= 11 is 0. The lowest BCUT2D eigenvalue weighted by Crippen LogP contribution is -2.07. The van der Waals surface area contributed by atoms with Gasteiger partial charge in [0.15, 0.2) is 0 Å². The summed E-state index contributed by atoms with van der Waals surface area (Å²) in [7, 11) is 0. The first-order chi connectivity index (χ1) is 7.22. The quantitative estimate of drug-likeness (QED) is 0.824. The van der Waals surface area contributed by atoms with Crippen molar-refractivity contribution in [2.24, 2.45) is 0 Å². The van der Waals surface area contributed by atoms with Crippen LogP contribution in [0.5, 0.6) is 0 Å². The lowest BCUT2D eigenvalue weighted by Gasteiger charge is -2.05. The van der Waals surface area contributed by atoms with Crippen molar-refractivity contribution in [1.82, 2.24) is 9.38 Å². The highest BCUT2D eigenvalue weighted by Crippen LogP contribution is 2.12. The third-order valence-corrected chi connectivity index (χ3v) is 2.35. The molecule has 0 aliphatic rings. The van der Waals surface area contributed by atoms with Gasteiger partial charge in [-0.2, -0.15) is 0 Å². The molecule has 0 radical (unpaired) electrons. The minimum absolute atomic E-state index is 0.0285. The fourth-order valence-electron chi connectivity index (χ4n) is 1.73. The largest absolute Gasteiger partial charge is 0.481 e. The zero-order valence-corrected chi connectivity index (χ0v) is 8.47. The zero-order valence-electron chi connectivity index (χ0n) is 8.47. The molecule has 1 N–H and O–H groups in total. The second-order valence-corrected chi connectivity index (χ2v) is 3.38. The lowest BCUT2D eigenvalue weighted by molar-refractivity contribution is -0.136. The fourth-order valence-corrected chi connectivity index (χ4v) is 1.73. The molecule has 0 bridgehead atoms. The zero-order chi connectivity index (χ0) is 10.8. The normalized spacial score (nSPS) is 10.7. The monoisotopic (exact) mass is 204 g/mol. The number of aromatic nitrogens is 2. The summed E-state index contributed by atoms with van der Waals surface area (Å²) < 4.78 is 1.91. The highest BCUT2D eigenvalue weighted by molar-refractivity contribution is 5.70. The molecule has 2 heterocycles. The molecular formula is C11H12N2O2. The molecule has 4 nitrogen and oxygen atoms in total. The summed E-state index contributed by atoms with van der Waals surface area (Å²) in [5.74, 6) is 0.0834. The van der Waals surface area contributed by atoms with Crippen LogP contribution in [0.4, 0.5) is 0 Å². The minimum Gasteiger partial charge on any atom is -0.481 e. The molecule has 4 heteroatoms. The number of rotatable bonds is 3. The summed E-state index contributed by atoms with van der Waals surface area (Å²) in [6.45, 7) is 2.01. The Kier molecular flexibility index (Phi) is 2.41. The van der Waals surface area contributed by atoms with Crippen LogP contribution in [0.2, 0.25) is 0 Å². The van der Waals surface area contributed by atoms with Crippen LogP contribution < -0.4 is 0 Å². The van der Waals surface area contributed by atoms with Gasteiger partial charge in [0.2, 0.25) is 0 Å². The number of hydrogen-bond donors (Lipinski definition) is 1. The summed E-state index contributed by atoms with van der Waals surface area (Å²) in [5.41, 5.74) is 1.72. The molecule has 78 valence electrons. The standard InChI is InChI=1S/C11H12N2O2/c1-2-10-12-7-9-5-3-4-8(13(9)10)6-11(14)15/h3-5,7H,2,6H2,1H3,(H,14,15). The van der Waals surface area contributed by atoms with Crippen LogP contribution in [0.1, 0.15) is 18.4 Å². The van der Waals surface area contributed by atoms with Gasteiger partial charge >= 0.3 is 5.97 Å². The van der Waals surface area contributed by atoms with Crippen LogP contribution in [-0.2, 0) is 17.6 Å². The van der Waals surface area contributed by atoms with E-state index in [2.05, 4.69) is 4.98 Å². The maximum atomic E-state index is 10.7. The van der Waals surface area contributed by atoms with Gasteiger partial charge in [-0.1, -0.05) is 13.0 Å². The van der Waals surface area contributed by atoms with Gasteiger partial charge in [-0.15, -0.1) is 0 Å². The molecular weight excluding hydrogens is 192 g/mol. The fraction of sp³-hybridized carbons (Fsp3) is 0.273. The molecule has 15 heavy (non-hydrogen) atoms. The van der Waals surface area contributed by atoms with E-state index in [-0.39, 0.29) is 6.42 Å². The predicted molar refractivity (Wildman–Crippen MR) is 55.9 cm³/mol. The summed E-state index contributed by atoms with van der Waals surface area (Å²) in [6, 6.07) is 5.61. The van der Waals surface area contributed by atoms with E-state index >= 15 is 0 Å². The smallest absolute Gasteiger partial charge is 0.309 e. The van der Waals surface area contributed by atoms with E-state index in [0.29, 0.717) is 0 Å². The highest BCUT2D eigenvalue weighted by Gasteiger charge is 2.08. The van der Waals surface area contributed by atoms with Crippen LogP contribution in [0.15, 0.2) is 24.4 Å². The molecule has 0 aliphatic heterocycles. The molecule has 0 saturated heterocycles. The Hall–Kier alpha value is -1.84. The van der Waals surface area contributed by atoms with Gasteiger partial charge < -0.3 is 9.51 Å². The number of carbonyl (C=O) groups is 1. The van der Waals surface area contributed by atoms with Crippen molar-refractivity contribution in [3.8, 4) is 0 Å². The maximum Gasteiger partial charge on any atom is 0.309 e. The van der Waals surface area contributed by atoms with Crippen molar-refractivity contribution in [1.29, 1.82) is 0 Å². The average molecular weight is 204 g/mol. The molecule has 0 amide bonds. The SMILES string of the molecule is CCc1ncc2cccc(CC(=O)O)n12. The lowest BCUT2D eigenvalue weighted by atomic mass is 10.2. The number of aryl methyl sites for hydroxylation is 1. The van der Waals surface area contributed by atoms with Crippen LogP contribution in [0, 0.1) is 0 Å². The van der Waals surface area contributed by atoms with Crippen molar-refractivity contribution >= 4 is 11.5 Å². The van der Waals surface area contributed by atoms with E-state index in [1.165, 1.54) is 0 Å². The van der Waals surface area contributed by atoms with Crippen molar-refractivity contribution in [2.45, 2.75) is 19.8 Å². The number of carboxylic acid groups (broad SMARTS) is 1. The topological polar surface area (TPSA) is 54.6 Å². The van der Waals surface area contributed by atoms with Crippen LogP contribution in [-0.4, -0.2) is 20.5 Å². The van der Waals surface area contributed by atoms with Crippen LogP contribution in [0.25, 0.3) is 5.52 Å². The van der Waals surface area contributed by atoms with Crippen LogP contribution in [0.3, 0.4) is 0 Å². The Morgan fingerprint density at radius 2 is 2.33 bits per heavy atom. The third kappa shape index (κ3) is 1.70. The first-order valence-electron chi connectivity index (χ1n) is 4.88. The molecule has 0 atom stereocenters. The Balaban J connectivity index is 2.61. The molecule has 2 rings (SSSR count). The number of imidazole rings is 1. The van der Waals surface area contributed by atoms with E-state index in [1.807, 2.05) is 29.5 Å². The second-order valence-electron chi connectivity index (χ2n) is 3.38. The minimum atomic E-state index is -0.821. The number of nitrogens with zero attached hydrogens (tertiary/aromatic N) is 2. The summed E-state index contributed by atoms with van der Waals surface area (Å²) in [6.07, 6.45) is 2.59. The molecule has 0 aromatic carbocycles. The van der Waals surface area contributed by atoms with Gasteiger partial charge in [-0.05, 0) is 12.1 Å². The van der Waals surface area contributed by atoms with E-state index in [0.717, 1.165) is 23.5 Å². The Morgan fingerprint density at radius 1 is 1.53 bits per heavy atom. The molecule has 0 fully saturated rings. The number of pyridine rings is 1. The number of hydrogen-bond acceptors (Lipinski definition) is 2. The summed E-state index contributed by atoms with van der Waals surface area (Å²) in [4.78, 5) is 15.0. The predicted octanol–water partition coefficient (Wildman–Crippen LogP) is 1.52. The van der Waals surface area contributed by atoms with Gasteiger partial charge in [0.1, 0.15) is 5.82 Å². The first-order valence-corrected chi connectivity index (χ1v) is 4.88. The number of carboxylic acids is 1. The Labute approximate surface area is 87.2 Å². The van der Waals surface area contributed by atoms with Crippen molar-refractivity contribution in [3.05, 3.63) is 35.9 Å². The van der Waals surface area contributed by atoms with Gasteiger partial charge in [0.05, 0.1) is 18.1 Å². The van der Waals surface area contributed by atoms with Gasteiger partial charge in [0, 0.05) is 12.1 Å². The van der Waals surface area contributed by atoms with Gasteiger partial charge in [0.25, 0.3) is 0 Å².